The van der Waals surface area contributed by atoms with Crippen LogP contribution in [-0.4, -0.2) is 60.8 Å². The highest BCUT2D eigenvalue weighted by molar-refractivity contribution is 7.16. The summed E-state index contributed by atoms with van der Waals surface area (Å²) in [6, 6.07) is 13.1. The number of pyridine rings is 1. The molecule has 1 aromatic carbocycles. The topological polar surface area (TPSA) is 89.6 Å². The summed E-state index contributed by atoms with van der Waals surface area (Å²) in [5.74, 6) is 1.49. The lowest BCUT2D eigenvalue weighted by Gasteiger charge is -2.22. The fourth-order valence-electron chi connectivity index (χ4n) is 4.67. The molecule has 1 aliphatic rings. The zero-order valence-corrected chi connectivity index (χ0v) is 25.9. The van der Waals surface area contributed by atoms with Crippen LogP contribution < -0.4 is 9.61 Å². The van der Waals surface area contributed by atoms with Crippen molar-refractivity contribution in [1.29, 1.82) is 0 Å². The monoisotopic (exact) mass is 595 g/mol. The van der Waals surface area contributed by atoms with Crippen LogP contribution >= 0.6 is 11.3 Å². The zero-order valence-electron chi connectivity index (χ0n) is 24.1. The quantitative estimate of drug-likeness (QED) is 0.134. The van der Waals surface area contributed by atoms with Gasteiger partial charge in [-0.3, -0.25) is 9.36 Å². The Labute approximate surface area is 246 Å². The van der Waals surface area contributed by atoms with E-state index in [9.17, 15) is 4.79 Å². The predicted octanol–water partition coefficient (Wildman–Crippen LogP) is 5.84. The van der Waals surface area contributed by atoms with Crippen LogP contribution in [0.5, 0.6) is 5.75 Å². The normalized spacial score (nSPS) is 16.2. The average Bonchev–Trinajstić information content (AvgIpc) is 3.60. The highest BCUT2D eigenvalue weighted by Gasteiger charge is 2.17. The number of thiazole rings is 1. The summed E-state index contributed by atoms with van der Waals surface area (Å²) in [7, 11) is -0.329. The third-order valence-corrected chi connectivity index (χ3v) is 9.31. The molecule has 9 nitrogen and oxygen atoms in total. The van der Waals surface area contributed by atoms with Crippen molar-refractivity contribution < 1.29 is 18.9 Å². The summed E-state index contributed by atoms with van der Waals surface area (Å²) < 4.78 is 27.4. The molecule has 5 rings (SSSR count). The van der Waals surface area contributed by atoms with Crippen LogP contribution in [0.15, 0.2) is 53.6 Å². The van der Waals surface area contributed by atoms with Crippen LogP contribution in [0, 0.1) is 0 Å². The predicted molar refractivity (Wildman–Crippen MR) is 163 cm³/mol. The fraction of sp³-hybridized carbons (Fsp3) is 0.500. The van der Waals surface area contributed by atoms with Gasteiger partial charge in [0.25, 0.3) is 0 Å². The van der Waals surface area contributed by atoms with E-state index in [2.05, 4.69) is 37.1 Å². The third kappa shape index (κ3) is 7.92. The summed E-state index contributed by atoms with van der Waals surface area (Å²) >= 11 is 1.26. The maximum Gasteiger partial charge on any atom is 0.310 e. The molecular weight excluding hydrogens is 557 g/mol. The van der Waals surface area contributed by atoms with Gasteiger partial charge in [-0.1, -0.05) is 24.3 Å². The van der Waals surface area contributed by atoms with Crippen molar-refractivity contribution in [3.05, 3.63) is 69.7 Å². The number of rotatable bonds is 14. The molecule has 218 valence electrons. The first-order valence-electron chi connectivity index (χ1n) is 14.4. The maximum atomic E-state index is 12.6. The van der Waals surface area contributed by atoms with Gasteiger partial charge in [-0.05, 0) is 55.2 Å². The molecule has 1 aliphatic heterocycles. The van der Waals surface area contributed by atoms with Gasteiger partial charge in [0, 0.05) is 25.1 Å². The van der Waals surface area contributed by atoms with Crippen molar-refractivity contribution in [2.45, 2.75) is 70.7 Å². The lowest BCUT2D eigenvalue weighted by Crippen LogP contribution is -2.23. The van der Waals surface area contributed by atoms with Crippen molar-refractivity contribution in [1.82, 2.24) is 19.3 Å². The number of aromatic nitrogens is 4. The van der Waals surface area contributed by atoms with Gasteiger partial charge in [0.05, 0.1) is 61.1 Å². The number of benzene rings is 1. The number of hydrogen-bond donors (Lipinski definition) is 0. The molecule has 0 aliphatic carbocycles. The van der Waals surface area contributed by atoms with E-state index in [1.54, 1.807) is 15.4 Å². The Morgan fingerprint density at radius 3 is 2.83 bits per heavy atom. The zero-order chi connectivity index (χ0) is 28.6. The standard InChI is InChI=1S/C30H39N4O5SSi/c1-22(23-8-10-26-27(19-23)40-30(35)33(26)21-36-17-18-41(2)3)25-12-13-34(32-25)28-11-9-24(20-31-28)37-15-6-16-39-29-7-4-5-14-38-29/h8-13,19-20,22,29H,4-7,14-18,21H2,1-3H3/q+1. The Hall–Kier alpha value is -2.83. The van der Waals surface area contributed by atoms with Crippen LogP contribution in [0.3, 0.4) is 0 Å². The van der Waals surface area contributed by atoms with E-state index in [1.165, 1.54) is 17.8 Å². The Bertz CT molecular complexity index is 1450. The Kier molecular flexibility index (Phi) is 10.4. The summed E-state index contributed by atoms with van der Waals surface area (Å²) in [5.41, 5.74) is 2.95. The van der Waals surface area contributed by atoms with Gasteiger partial charge in [0.2, 0.25) is 0 Å². The summed E-state index contributed by atoms with van der Waals surface area (Å²) in [6.07, 6.45) is 7.64. The molecule has 4 heterocycles. The molecule has 0 saturated carbocycles. The van der Waals surface area contributed by atoms with E-state index in [0.717, 1.165) is 59.2 Å². The Morgan fingerprint density at radius 1 is 1.15 bits per heavy atom. The number of fused-ring (bicyclic) bond motifs is 1. The highest BCUT2D eigenvalue weighted by atomic mass is 32.1. The minimum atomic E-state index is -0.329. The van der Waals surface area contributed by atoms with E-state index in [4.69, 9.17) is 24.0 Å². The maximum absolute atomic E-state index is 12.6. The molecular formula is C30H39N4O5SSi+. The lowest BCUT2D eigenvalue weighted by molar-refractivity contribution is -0.163. The van der Waals surface area contributed by atoms with Gasteiger partial charge in [-0.2, -0.15) is 5.10 Å². The molecule has 0 amide bonds. The minimum absolute atomic E-state index is 0.00786. The summed E-state index contributed by atoms with van der Waals surface area (Å²) in [4.78, 5) is 17.2. The van der Waals surface area contributed by atoms with Gasteiger partial charge in [-0.25, -0.2) is 9.67 Å². The third-order valence-electron chi connectivity index (χ3n) is 7.17. The molecule has 3 aromatic heterocycles. The van der Waals surface area contributed by atoms with Gasteiger partial charge in [-0.15, -0.1) is 0 Å². The van der Waals surface area contributed by atoms with E-state index < -0.39 is 0 Å². The molecule has 0 spiro atoms. The first-order valence-corrected chi connectivity index (χ1v) is 17.9. The molecule has 11 heteroatoms. The van der Waals surface area contributed by atoms with Gasteiger partial charge in [0.15, 0.2) is 12.1 Å². The molecule has 0 N–H and O–H groups in total. The second-order valence-corrected chi connectivity index (χ2v) is 14.6. The Morgan fingerprint density at radius 2 is 2.05 bits per heavy atom. The molecule has 1 fully saturated rings. The molecule has 0 bridgehead atoms. The van der Waals surface area contributed by atoms with Gasteiger partial charge < -0.3 is 18.9 Å². The van der Waals surface area contributed by atoms with Gasteiger partial charge >= 0.3 is 13.7 Å². The number of nitrogens with zero attached hydrogens (tertiary/aromatic N) is 4. The highest BCUT2D eigenvalue weighted by Crippen LogP contribution is 2.28. The second kappa shape index (κ2) is 14.4. The largest absolute Gasteiger partial charge is 0.492 e. The number of hydrogen-bond acceptors (Lipinski definition) is 8. The molecule has 1 saturated heterocycles. The summed E-state index contributed by atoms with van der Waals surface area (Å²) in [5, 5.41) is 4.79. The first kappa shape index (κ1) is 29.7. The summed E-state index contributed by atoms with van der Waals surface area (Å²) in [6.45, 7) is 9.62. The van der Waals surface area contributed by atoms with Crippen LogP contribution in [0.2, 0.25) is 19.1 Å². The lowest BCUT2D eigenvalue weighted by atomic mass is 9.98. The molecule has 0 radical (unpaired) electrons. The van der Waals surface area contributed by atoms with E-state index in [1.807, 2.05) is 30.5 Å². The first-order chi connectivity index (χ1) is 20.0. The van der Waals surface area contributed by atoms with Crippen LogP contribution in [-0.2, 0) is 20.9 Å². The number of ether oxygens (including phenoxy) is 4. The molecule has 2 atom stereocenters. The van der Waals surface area contributed by atoms with Crippen molar-refractivity contribution in [3.63, 3.8) is 0 Å². The molecule has 41 heavy (non-hydrogen) atoms. The van der Waals surface area contributed by atoms with Crippen molar-refractivity contribution in [2.75, 3.05) is 26.4 Å². The molecule has 2 unspecified atom stereocenters. The van der Waals surface area contributed by atoms with Gasteiger partial charge in [0.1, 0.15) is 12.5 Å². The van der Waals surface area contributed by atoms with Crippen molar-refractivity contribution >= 4 is 30.4 Å². The van der Waals surface area contributed by atoms with E-state index in [0.29, 0.717) is 32.3 Å². The fourth-order valence-corrected chi connectivity index (χ4v) is 6.15. The van der Waals surface area contributed by atoms with E-state index >= 15 is 0 Å². The molecule has 4 aromatic rings. The average molecular weight is 596 g/mol. The van der Waals surface area contributed by atoms with Crippen molar-refractivity contribution in [3.8, 4) is 11.6 Å². The second-order valence-electron chi connectivity index (χ2n) is 10.6. The van der Waals surface area contributed by atoms with Crippen LogP contribution in [0.25, 0.3) is 16.0 Å². The smallest absolute Gasteiger partial charge is 0.310 e. The van der Waals surface area contributed by atoms with Crippen LogP contribution in [0.4, 0.5) is 0 Å². The minimum Gasteiger partial charge on any atom is -0.492 e. The van der Waals surface area contributed by atoms with Crippen molar-refractivity contribution in [2.24, 2.45) is 0 Å². The Balaban J connectivity index is 1.15. The van der Waals surface area contributed by atoms with Crippen LogP contribution in [0.1, 0.15) is 49.8 Å². The SMILES string of the molecule is CC(c1ccc2c(c1)sc(=O)n2COCC[Si+](C)C)c1ccn(-c2ccc(OCCCOC3CCCCO3)cn2)n1. The van der Waals surface area contributed by atoms with E-state index in [-0.39, 0.29) is 25.9 Å².